The van der Waals surface area contributed by atoms with Gasteiger partial charge in [-0.1, -0.05) is 25.4 Å². The molecule has 0 saturated carbocycles. The first-order valence-corrected chi connectivity index (χ1v) is 6.81. The van der Waals surface area contributed by atoms with Crippen LogP contribution >= 0.6 is 11.6 Å². The van der Waals surface area contributed by atoms with Crippen LogP contribution in [0.1, 0.15) is 29.9 Å². The molecule has 0 saturated heterocycles. The van der Waals surface area contributed by atoms with Crippen LogP contribution in [0, 0.1) is 5.92 Å². The molecule has 4 nitrogen and oxygen atoms in total. The average Bonchev–Trinajstić information content (AvgIpc) is 2.39. The fraction of sp³-hybridized carbons (Fsp3) is 0.267. The third-order valence-electron chi connectivity index (χ3n) is 2.71. The van der Waals surface area contributed by atoms with E-state index in [9.17, 15) is 4.79 Å². The van der Waals surface area contributed by atoms with Gasteiger partial charge < -0.3 is 5.32 Å². The molecule has 0 aliphatic heterocycles. The number of halogens is 1. The van der Waals surface area contributed by atoms with Crippen molar-refractivity contribution in [3.05, 3.63) is 53.1 Å². The highest BCUT2D eigenvalue weighted by molar-refractivity contribution is 6.33. The van der Waals surface area contributed by atoms with Crippen LogP contribution in [0.4, 0.5) is 5.69 Å². The second-order valence-electron chi connectivity index (χ2n) is 4.93. The van der Waals surface area contributed by atoms with Crippen LogP contribution in [-0.2, 0) is 6.42 Å². The number of anilines is 1. The van der Waals surface area contributed by atoms with E-state index in [-0.39, 0.29) is 11.1 Å². The van der Waals surface area contributed by atoms with Crippen molar-refractivity contribution in [3.8, 4) is 0 Å². The van der Waals surface area contributed by atoms with E-state index in [4.69, 9.17) is 11.6 Å². The fourth-order valence-corrected chi connectivity index (χ4v) is 2.06. The van der Waals surface area contributed by atoms with Gasteiger partial charge in [0.2, 0.25) is 0 Å². The molecule has 1 N–H and O–H groups in total. The van der Waals surface area contributed by atoms with Crippen molar-refractivity contribution in [2.45, 2.75) is 20.3 Å². The quantitative estimate of drug-likeness (QED) is 0.875. The Morgan fingerprint density at radius 1 is 1.25 bits per heavy atom. The molecule has 0 unspecified atom stereocenters. The SMILES string of the molecule is CC(C)Cc1ccc(C(=O)Nc2ccncc2)c(Cl)n1. The van der Waals surface area contributed by atoms with Crippen LogP contribution < -0.4 is 5.32 Å². The zero-order chi connectivity index (χ0) is 14.5. The first-order chi connectivity index (χ1) is 9.56. The van der Waals surface area contributed by atoms with E-state index in [2.05, 4.69) is 29.1 Å². The first kappa shape index (κ1) is 14.5. The standard InChI is InChI=1S/C15H16ClN3O/c1-10(2)9-12-3-4-13(14(16)18-12)15(20)19-11-5-7-17-8-6-11/h3-8,10H,9H2,1-2H3,(H,17,19,20). The second-order valence-corrected chi connectivity index (χ2v) is 5.29. The lowest BCUT2D eigenvalue weighted by Crippen LogP contribution is -2.13. The van der Waals surface area contributed by atoms with Crippen LogP contribution in [0.3, 0.4) is 0 Å². The summed E-state index contributed by atoms with van der Waals surface area (Å²) < 4.78 is 0. The topological polar surface area (TPSA) is 54.9 Å². The average molecular weight is 290 g/mol. The molecule has 0 aromatic carbocycles. The van der Waals surface area contributed by atoms with Crippen LogP contribution in [-0.4, -0.2) is 15.9 Å². The number of nitrogens with zero attached hydrogens (tertiary/aromatic N) is 2. The van der Waals surface area contributed by atoms with Gasteiger partial charge in [-0.3, -0.25) is 9.78 Å². The summed E-state index contributed by atoms with van der Waals surface area (Å²) in [7, 11) is 0. The lowest BCUT2D eigenvalue weighted by atomic mass is 10.1. The maximum Gasteiger partial charge on any atom is 0.258 e. The van der Waals surface area contributed by atoms with Gasteiger partial charge in [-0.15, -0.1) is 0 Å². The molecule has 5 heteroatoms. The molecule has 0 bridgehead atoms. The predicted molar refractivity (Wildman–Crippen MR) is 80.0 cm³/mol. The van der Waals surface area contributed by atoms with E-state index in [1.165, 1.54) is 0 Å². The lowest BCUT2D eigenvalue weighted by molar-refractivity contribution is 0.102. The number of pyridine rings is 2. The third-order valence-corrected chi connectivity index (χ3v) is 2.99. The van der Waals surface area contributed by atoms with Gasteiger partial charge in [0, 0.05) is 23.8 Å². The van der Waals surface area contributed by atoms with Gasteiger partial charge in [0.25, 0.3) is 5.91 Å². The van der Waals surface area contributed by atoms with E-state index < -0.39 is 0 Å². The third kappa shape index (κ3) is 3.78. The van der Waals surface area contributed by atoms with Crippen molar-refractivity contribution in [1.29, 1.82) is 0 Å². The van der Waals surface area contributed by atoms with Crippen LogP contribution in [0.2, 0.25) is 5.15 Å². The van der Waals surface area contributed by atoms with Crippen molar-refractivity contribution < 1.29 is 4.79 Å². The van der Waals surface area contributed by atoms with Gasteiger partial charge in [0.1, 0.15) is 5.15 Å². The Labute approximate surface area is 123 Å². The molecule has 2 rings (SSSR count). The monoisotopic (exact) mass is 289 g/mol. The maximum atomic E-state index is 12.1. The number of hydrogen-bond donors (Lipinski definition) is 1. The first-order valence-electron chi connectivity index (χ1n) is 6.43. The van der Waals surface area contributed by atoms with Gasteiger partial charge in [0.15, 0.2) is 0 Å². The molecular formula is C15H16ClN3O. The van der Waals surface area contributed by atoms with E-state index >= 15 is 0 Å². The van der Waals surface area contributed by atoms with E-state index in [1.807, 2.05) is 6.07 Å². The van der Waals surface area contributed by atoms with Gasteiger partial charge in [0.05, 0.1) is 5.56 Å². The van der Waals surface area contributed by atoms with E-state index in [0.717, 1.165) is 12.1 Å². The Bertz CT molecular complexity index is 599. The number of hydrogen-bond acceptors (Lipinski definition) is 3. The predicted octanol–water partition coefficient (Wildman–Crippen LogP) is 3.58. The fourth-order valence-electron chi connectivity index (χ4n) is 1.81. The highest BCUT2D eigenvalue weighted by Gasteiger charge is 2.13. The van der Waals surface area contributed by atoms with E-state index in [0.29, 0.717) is 17.2 Å². The number of aromatic nitrogens is 2. The van der Waals surface area contributed by atoms with Crippen molar-refractivity contribution in [3.63, 3.8) is 0 Å². The minimum Gasteiger partial charge on any atom is -0.322 e. The molecular weight excluding hydrogens is 274 g/mol. The van der Waals surface area contributed by atoms with Crippen molar-refractivity contribution in [2.24, 2.45) is 5.92 Å². The smallest absolute Gasteiger partial charge is 0.258 e. The summed E-state index contributed by atoms with van der Waals surface area (Å²) >= 11 is 6.09. The summed E-state index contributed by atoms with van der Waals surface area (Å²) in [6, 6.07) is 6.98. The second kappa shape index (κ2) is 6.48. The Morgan fingerprint density at radius 3 is 2.55 bits per heavy atom. The molecule has 104 valence electrons. The summed E-state index contributed by atoms with van der Waals surface area (Å²) in [6.07, 6.45) is 4.06. The normalized spacial score (nSPS) is 10.6. The summed E-state index contributed by atoms with van der Waals surface area (Å²) in [5.74, 6) is 0.222. The molecule has 2 aromatic rings. The van der Waals surface area contributed by atoms with Gasteiger partial charge in [-0.2, -0.15) is 0 Å². The molecule has 0 atom stereocenters. The molecule has 0 radical (unpaired) electrons. The molecule has 0 aliphatic rings. The largest absolute Gasteiger partial charge is 0.322 e. The Kier molecular flexibility index (Phi) is 4.69. The Morgan fingerprint density at radius 2 is 1.95 bits per heavy atom. The highest BCUT2D eigenvalue weighted by Crippen LogP contribution is 2.17. The molecule has 0 fully saturated rings. The number of rotatable bonds is 4. The minimum absolute atomic E-state index is 0.231. The van der Waals surface area contributed by atoms with Crippen LogP contribution in [0.5, 0.6) is 0 Å². The Hall–Kier alpha value is -1.94. The molecule has 1 amide bonds. The molecule has 0 spiro atoms. The van der Waals surface area contributed by atoms with Gasteiger partial charge in [-0.05, 0) is 36.6 Å². The van der Waals surface area contributed by atoms with Crippen molar-refractivity contribution >= 4 is 23.2 Å². The Balaban J connectivity index is 2.14. The van der Waals surface area contributed by atoms with Gasteiger partial charge in [-0.25, -0.2) is 4.98 Å². The number of carbonyl (C=O) groups is 1. The number of nitrogens with one attached hydrogen (secondary N) is 1. The number of carbonyl (C=O) groups excluding carboxylic acids is 1. The van der Waals surface area contributed by atoms with E-state index in [1.54, 1.807) is 30.6 Å². The van der Waals surface area contributed by atoms with Crippen LogP contribution in [0.15, 0.2) is 36.7 Å². The molecule has 2 aromatic heterocycles. The minimum atomic E-state index is -0.273. The zero-order valence-electron chi connectivity index (χ0n) is 11.4. The number of amides is 1. The summed E-state index contributed by atoms with van der Waals surface area (Å²) in [4.78, 5) is 20.3. The lowest BCUT2D eigenvalue weighted by Gasteiger charge is -2.08. The van der Waals surface area contributed by atoms with Gasteiger partial charge >= 0.3 is 0 Å². The highest BCUT2D eigenvalue weighted by atomic mass is 35.5. The summed E-state index contributed by atoms with van der Waals surface area (Å²) in [5.41, 5.74) is 1.94. The molecule has 2 heterocycles. The molecule has 0 aliphatic carbocycles. The van der Waals surface area contributed by atoms with Crippen molar-refractivity contribution in [2.75, 3.05) is 5.32 Å². The maximum absolute atomic E-state index is 12.1. The van der Waals surface area contributed by atoms with Crippen LogP contribution in [0.25, 0.3) is 0 Å². The summed E-state index contributed by atoms with van der Waals surface area (Å²) in [5, 5.41) is 2.99. The molecule has 20 heavy (non-hydrogen) atoms. The van der Waals surface area contributed by atoms with Crippen molar-refractivity contribution in [1.82, 2.24) is 9.97 Å². The zero-order valence-corrected chi connectivity index (χ0v) is 12.2. The summed E-state index contributed by atoms with van der Waals surface area (Å²) in [6.45, 7) is 4.22.